The van der Waals surface area contributed by atoms with Crippen LogP contribution in [0, 0.1) is 11.8 Å². The Labute approximate surface area is 143 Å². The first kappa shape index (κ1) is 18.1. The zero-order valence-corrected chi connectivity index (χ0v) is 14.8. The standard InChI is InChI=1S/C18H26N2O4/c1-12(2)18(22)20-9-7-13(8-10-20)17(21)19-15-6-5-14(23-3)11-16(15)24-4/h5-6,11-13H,7-10H2,1-4H3,(H,19,21). The molecule has 132 valence electrons. The number of hydrogen-bond donors (Lipinski definition) is 1. The Morgan fingerprint density at radius 2 is 1.83 bits per heavy atom. The summed E-state index contributed by atoms with van der Waals surface area (Å²) in [5.74, 6) is 1.27. The number of carbonyl (C=O) groups excluding carboxylic acids is 2. The summed E-state index contributed by atoms with van der Waals surface area (Å²) in [6.45, 7) is 5.07. The fourth-order valence-electron chi connectivity index (χ4n) is 2.86. The number of benzene rings is 1. The van der Waals surface area contributed by atoms with Gasteiger partial charge in [-0.15, -0.1) is 0 Å². The van der Waals surface area contributed by atoms with Crippen molar-refractivity contribution in [3.05, 3.63) is 18.2 Å². The second-order valence-corrected chi connectivity index (χ2v) is 6.31. The van der Waals surface area contributed by atoms with E-state index in [2.05, 4.69) is 5.32 Å². The molecule has 0 aliphatic carbocycles. The molecular formula is C18H26N2O4. The fraction of sp³-hybridized carbons (Fsp3) is 0.556. The highest BCUT2D eigenvalue weighted by atomic mass is 16.5. The zero-order chi connectivity index (χ0) is 17.7. The Bertz CT molecular complexity index is 593. The number of amides is 2. The van der Waals surface area contributed by atoms with E-state index >= 15 is 0 Å². The molecule has 0 unspecified atom stereocenters. The molecule has 1 heterocycles. The molecule has 1 aliphatic heterocycles. The number of ether oxygens (including phenoxy) is 2. The lowest BCUT2D eigenvalue weighted by Crippen LogP contribution is -2.43. The molecule has 1 aliphatic rings. The number of anilines is 1. The molecule has 2 rings (SSSR count). The molecule has 0 radical (unpaired) electrons. The smallest absolute Gasteiger partial charge is 0.227 e. The SMILES string of the molecule is COc1ccc(NC(=O)C2CCN(C(=O)C(C)C)CC2)c(OC)c1. The van der Waals surface area contributed by atoms with Crippen molar-refractivity contribution >= 4 is 17.5 Å². The molecule has 1 N–H and O–H groups in total. The Kier molecular flexibility index (Phi) is 6.06. The van der Waals surface area contributed by atoms with E-state index in [-0.39, 0.29) is 23.7 Å². The summed E-state index contributed by atoms with van der Waals surface area (Å²) < 4.78 is 10.5. The lowest BCUT2D eigenvalue weighted by Gasteiger charge is -2.32. The first-order chi connectivity index (χ1) is 11.5. The summed E-state index contributed by atoms with van der Waals surface area (Å²) in [7, 11) is 3.14. The molecule has 1 saturated heterocycles. The van der Waals surface area contributed by atoms with Gasteiger partial charge < -0.3 is 19.7 Å². The van der Waals surface area contributed by atoms with E-state index in [0.29, 0.717) is 43.1 Å². The van der Waals surface area contributed by atoms with Crippen molar-refractivity contribution in [1.82, 2.24) is 4.90 Å². The fourth-order valence-corrected chi connectivity index (χ4v) is 2.86. The van der Waals surface area contributed by atoms with Crippen molar-refractivity contribution in [2.24, 2.45) is 11.8 Å². The summed E-state index contributed by atoms with van der Waals surface area (Å²) in [5, 5.41) is 2.93. The topological polar surface area (TPSA) is 67.9 Å². The Balaban J connectivity index is 1.96. The number of rotatable bonds is 5. The van der Waals surface area contributed by atoms with Gasteiger partial charge in [0.2, 0.25) is 11.8 Å². The Morgan fingerprint density at radius 3 is 2.38 bits per heavy atom. The largest absolute Gasteiger partial charge is 0.497 e. The highest BCUT2D eigenvalue weighted by Gasteiger charge is 2.28. The van der Waals surface area contributed by atoms with Gasteiger partial charge in [-0.25, -0.2) is 0 Å². The van der Waals surface area contributed by atoms with E-state index in [1.807, 2.05) is 18.7 Å². The van der Waals surface area contributed by atoms with Gasteiger partial charge >= 0.3 is 0 Å². The lowest BCUT2D eigenvalue weighted by atomic mass is 9.95. The maximum Gasteiger partial charge on any atom is 0.227 e. The number of nitrogens with zero attached hydrogens (tertiary/aromatic N) is 1. The van der Waals surface area contributed by atoms with Crippen LogP contribution in [0.4, 0.5) is 5.69 Å². The quantitative estimate of drug-likeness (QED) is 0.898. The zero-order valence-electron chi connectivity index (χ0n) is 14.8. The molecule has 1 aromatic carbocycles. The first-order valence-corrected chi connectivity index (χ1v) is 8.28. The summed E-state index contributed by atoms with van der Waals surface area (Å²) in [5.41, 5.74) is 0.629. The predicted octanol–water partition coefficient (Wildman–Crippen LogP) is 2.54. The minimum Gasteiger partial charge on any atom is -0.497 e. The van der Waals surface area contributed by atoms with E-state index < -0.39 is 0 Å². The molecule has 24 heavy (non-hydrogen) atoms. The Morgan fingerprint density at radius 1 is 1.17 bits per heavy atom. The van der Waals surface area contributed by atoms with Crippen molar-refractivity contribution in [3.63, 3.8) is 0 Å². The van der Waals surface area contributed by atoms with Crippen LogP contribution < -0.4 is 14.8 Å². The van der Waals surface area contributed by atoms with Crippen LogP contribution in [0.15, 0.2) is 18.2 Å². The molecule has 0 aromatic heterocycles. The molecule has 1 fully saturated rings. The van der Waals surface area contributed by atoms with Gasteiger partial charge in [0.1, 0.15) is 11.5 Å². The third-order valence-corrected chi connectivity index (χ3v) is 4.34. The van der Waals surface area contributed by atoms with Crippen LogP contribution in [0.2, 0.25) is 0 Å². The van der Waals surface area contributed by atoms with E-state index in [4.69, 9.17) is 9.47 Å². The van der Waals surface area contributed by atoms with Crippen LogP contribution in [0.25, 0.3) is 0 Å². The molecule has 1 aromatic rings. The summed E-state index contributed by atoms with van der Waals surface area (Å²) >= 11 is 0. The third kappa shape index (κ3) is 4.19. The number of nitrogens with one attached hydrogen (secondary N) is 1. The molecule has 2 amide bonds. The highest BCUT2D eigenvalue weighted by molar-refractivity contribution is 5.94. The molecule has 6 heteroatoms. The van der Waals surface area contributed by atoms with E-state index in [1.54, 1.807) is 32.4 Å². The van der Waals surface area contributed by atoms with Gasteiger partial charge in [-0.3, -0.25) is 9.59 Å². The van der Waals surface area contributed by atoms with Crippen molar-refractivity contribution < 1.29 is 19.1 Å². The molecule has 0 bridgehead atoms. The van der Waals surface area contributed by atoms with Crippen molar-refractivity contribution in [3.8, 4) is 11.5 Å². The predicted molar refractivity (Wildman–Crippen MR) is 92.3 cm³/mol. The number of hydrogen-bond acceptors (Lipinski definition) is 4. The molecule has 0 saturated carbocycles. The molecule has 6 nitrogen and oxygen atoms in total. The van der Waals surface area contributed by atoms with Gasteiger partial charge in [0.25, 0.3) is 0 Å². The highest BCUT2D eigenvalue weighted by Crippen LogP contribution is 2.30. The van der Waals surface area contributed by atoms with E-state index in [0.717, 1.165) is 0 Å². The third-order valence-electron chi connectivity index (χ3n) is 4.34. The van der Waals surface area contributed by atoms with Crippen LogP contribution in [0.3, 0.4) is 0 Å². The number of methoxy groups -OCH3 is 2. The average molecular weight is 334 g/mol. The number of likely N-dealkylation sites (tertiary alicyclic amines) is 1. The minimum atomic E-state index is -0.0898. The average Bonchev–Trinajstić information content (AvgIpc) is 2.61. The minimum absolute atomic E-state index is 0.000984. The summed E-state index contributed by atoms with van der Waals surface area (Å²) in [4.78, 5) is 26.4. The van der Waals surface area contributed by atoms with Crippen LogP contribution in [-0.2, 0) is 9.59 Å². The van der Waals surface area contributed by atoms with Gasteiger partial charge in [0.15, 0.2) is 0 Å². The van der Waals surface area contributed by atoms with Crippen LogP contribution in [0.5, 0.6) is 11.5 Å². The van der Waals surface area contributed by atoms with Gasteiger partial charge in [0, 0.05) is 31.0 Å². The van der Waals surface area contributed by atoms with Crippen molar-refractivity contribution in [2.45, 2.75) is 26.7 Å². The van der Waals surface area contributed by atoms with Gasteiger partial charge in [-0.05, 0) is 25.0 Å². The lowest BCUT2D eigenvalue weighted by molar-refractivity contribution is -0.137. The second kappa shape index (κ2) is 8.04. The second-order valence-electron chi connectivity index (χ2n) is 6.31. The maximum atomic E-state index is 12.5. The number of piperidine rings is 1. The van der Waals surface area contributed by atoms with Crippen LogP contribution >= 0.6 is 0 Å². The Hall–Kier alpha value is -2.24. The number of carbonyl (C=O) groups is 2. The molecule has 0 spiro atoms. The monoisotopic (exact) mass is 334 g/mol. The first-order valence-electron chi connectivity index (χ1n) is 8.28. The normalized spacial score (nSPS) is 15.3. The van der Waals surface area contributed by atoms with Crippen molar-refractivity contribution in [2.75, 3.05) is 32.6 Å². The van der Waals surface area contributed by atoms with Crippen LogP contribution in [-0.4, -0.2) is 44.0 Å². The van der Waals surface area contributed by atoms with Gasteiger partial charge in [-0.2, -0.15) is 0 Å². The molecule has 0 atom stereocenters. The van der Waals surface area contributed by atoms with E-state index in [1.165, 1.54) is 0 Å². The van der Waals surface area contributed by atoms with Crippen LogP contribution in [0.1, 0.15) is 26.7 Å². The van der Waals surface area contributed by atoms with Gasteiger partial charge in [0.05, 0.1) is 19.9 Å². The summed E-state index contributed by atoms with van der Waals surface area (Å²) in [6.07, 6.45) is 1.37. The summed E-state index contributed by atoms with van der Waals surface area (Å²) in [6, 6.07) is 5.29. The van der Waals surface area contributed by atoms with Gasteiger partial charge in [-0.1, -0.05) is 13.8 Å². The van der Waals surface area contributed by atoms with E-state index in [9.17, 15) is 9.59 Å². The molecular weight excluding hydrogens is 308 g/mol. The maximum absolute atomic E-state index is 12.5. The van der Waals surface area contributed by atoms with Crippen molar-refractivity contribution in [1.29, 1.82) is 0 Å².